The molecular weight excluding hydrogens is 360 g/mol. The lowest BCUT2D eigenvalue weighted by Gasteiger charge is -2.13. The van der Waals surface area contributed by atoms with Crippen LogP contribution in [0.25, 0.3) is 6.08 Å². The van der Waals surface area contributed by atoms with E-state index < -0.39 is 0 Å². The van der Waals surface area contributed by atoms with E-state index in [4.69, 9.17) is 9.47 Å². The first kappa shape index (κ1) is 24.2. The summed E-state index contributed by atoms with van der Waals surface area (Å²) in [6.07, 6.45) is 14.5. The Morgan fingerprint density at radius 3 is 2.21 bits per heavy atom. The van der Waals surface area contributed by atoms with Crippen LogP contribution in [0.4, 0.5) is 0 Å². The maximum absolute atomic E-state index is 10.8. The number of carbonyl (C=O) groups excluding carboxylic acids is 1. The summed E-state index contributed by atoms with van der Waals surface area (Å²) in [5.74, 6) is 0.675. The number of methoxy groups -OCH3 is 1. The topological polar surface area (TPSA) is 35.5 Å². The van der Waals surface area contributed by atoms with Crippen LogP contribution in [0.15, 0.2) is 59.2 Å². The summed E-state index contributed by atoms with van der Waals surface area (Å²) < 4.78 is 10.4. The van der Waals surface area contributed by atoms with Crippen molar-refractivity contribution in [3.63, 3.8) is 0 Å². The molecule has 0 fully saturated rings. The summed E-state index contributed by atoms with van der Waals surface area (Å²) in [6.45, 7) is 14.1. The molecule has 29 heavy (non-hydrogen) atoms. The van der Waals surface area contributed by atoms with Crippen molar-refractivity contribution in [2.45, 2.75) is 48.5 Å². The average molecular weight is 395 g/mol. The van der Waals surface area contributed by atoms with E-state index in [9.17, 15) is 4.79 Å². The second-order valence-electron chi connectivity index (χ2n) is 7.37. The monoisotopic (exact) mass is 394 g/mol. The van der Waals surface area contributed by atoms with E-state index in [0.29, 0.717) is 6.61 Å². The number of esters is 1. The summed E-state index contributed by atoms with van der Waals surface area (Å²) in [7, 11) is 1.71. The van der Waals surface area contributed by atoms with E-state index in [1.54, 1.807) is 7.11 Å². The van der Waals surface area contributed by atoms with E-state index in [-0.39, 0.29) is 5.97 Å². The van der Waals surface area contributed by atoms with Gasteiger partial charge in [-0.15, -0.1) is 0 Å². The minimum Gasteiger partial charge on any atom is -0.496 e. The first-order valence-electron chi connectivity index (χ1n) is 9.81. The summed E-state index contributed by atoms with van der Waals surface area (Å²) in [5, 5.41) is 0. The fourth-order valence-electron chi connectivity index (χ4n) is 2.75. The molecule has 0 saturated heterocycles. The Morgan fingerprint density at radius 1 is 0.931 bits per heavy atom. The zero-order valence-corrected chi connectivity index (χ0v) is 19.1. The second kappa shape index (κ2) is 11.9. The third-order valence-electron chi connectivity index (χ3n) is 4.69. The Labute approximate surface area is 176 Å². The third-order valence-corrected chi connectivity index (χ3v) is 4.69. The molecule has 0 saturated carbocycles. The van der Waals surface area contributed by atoms with Gasteiger partial charge < -0.3 is 9.47 Å². The van der Waals surface area contributed by atoms with Crippen LogP contribution < -0.4 is 4.74 Å². The molecule has 0 N–H and O–H groups in total. The standard InChI is InChI=1S/C26H34O3/c1-18(12-13-20(3)17-29-24(7)27)10-9-11-19(2)14-15-25-21(4)16-26(28-8)23(6)22(25)5/h9-16H,17H2,1-8H3. The van der Waals surface area contributed by atoms with Gasteiger partial charge in [-0.1, -0.05) is 53.7 Å². The van der Waals surface area contributed by atoms with Crippen LogP contribution >= 0.6 is 0 Å². The summed E-state index contributed by atoms with van der Waals surface area (Å²) in [6, 6.07) is 2.09. The van der Waals surface area contributed by atoms with Crippen LogP contribution in [0.3, 0.4) is 0 Å². The fraction of sp³-hybridized carbons (Fsp3) is 0.346. The molecule has 0 bridgehead atoms. The van der Waals surface area contributed by atoms with Gasteiger partial charge in [-0.05, 0) is 75.4 Å². The summed E-state index contributed by atoms with van der Waals surface area (Å²) in [4.78, 5) is 10.8. The lowest BCUT2D eigenvalue weighted by molar-refractivity contribution is -0.139. The van der Waals surface area contributed by atoms with Crippen LogP contribution in [0.2, 0.25) is 0 Å². The maximum Gasteiger partial charge on any atom is 0.302 e. The second-order valence-corrected chi connectivity index (χ2v) is 7.37. The van der Waals surface area contributed by atoms with Crippen LogP contribution in [-0.4, -0.2) is 19.7 Å². The normalized spacial score (nSPS) is 13.4. The van der Waals surface area contributed by atoms with Gasteiger partial charge in [0.15, 0.2) is 0 Å². The number of benzene rings is 1. The highest BCUT2D eigenvalue weighted by atomic mass is 16.5. The van der Waals surface area contributed by atoms with Crippen molar-refractivity contribution in [3.05, 3.63) is 81.5 Å². The van der Waals surface area contributed by atoms with E-state index >= 15 is 0 Å². The van der Waals surface area contributed by atoms with E-state index in [2.05, 4.69) is 58.1 Å². The van der Waals surface area contributed by atoms with Crippen molar-refractivity contribution in [2.24, 2.45) is 0 Å². The van der Waals surface area contributed by atoms with Gasteiger partial charge in [0.25, 0.3) is 0 Å². The average Bonchev–Trinajstić information content (AvgIpc) is 2.67. The zero-order chi connectivity index (χ0) is 22.0. The smallest absolute Gasteiger partial charge is 0.302 e. The highest BCUT2D eigenvalue weighted by Gasteiger charge is 2.08. The first-order chi connectivity index (χ1) is 13.6. The third kappa shape index (κ3) is 8.39. The van der Waals surface area contributed by atoms with E-state index in [0.717, 1.165) is 16.9 Å². The molecule has 0 amide bonds. The van der Waals surface area contributed by atoms with Crippen molar-refractivity contribution in [1.29, 1.82) is 0 Å². The maximum atomic E-state index is 10.8. The van der Waals surface area contributed by atoms with Gasteiger partial charge in [-0.25, -0.2) is 0 Å². The molecule has 0 heterocycles. The largest absolute Gasteiger partial charge is 0.496 e. The number of ether oxygens (including phenoxy) is 2. The Hall–Kier alpha value is -2.81. The van der Waals surface area contributed by atoms with Crippen molar-refractivity contribution in [1.82, 2.24) is 0 Å². The lowest BCUT2D eigenvalue weighted by atomic mass is 9.96. The van der Waals surface area contributed by atoms with Gasteiger partial charge in [-0.2, -0.15) is 0 Å². The minimum atomic E-state index is -0.262. The molecule has 0 atom stereocenters. The molecular formula is C26H34O3. The summed E-state index contributed by atoms with van der Waals surface area (Å²) >= 11 is 0. The van der Waals surface area contributed by atoms with Gasteiger partial charge in [0.2, 0.25) is 0 Å². The van der Waals surface area contributed by atoms with E-state index in [1.165, 1.54) is 34.8 Å². The SMILES string of the molecule is COc1cc(C)c(C=CC(C)=CC=CC(C)=CC=C(C)COC(C)=O)c(C)c1C. The van der Waals surface area contributed by atoms with Gasteiger partial charge in [0, 0.05) is 6.92 Å². The summed E-state index contributed by atoms with van der Waals surface area (Å²) in [5.41, 5.74) is 8.17. The van der Waals surface area contributed by atoms with Gasteiger partial charge in [-0.3, -0.25) is 4.79 Å². The molecule has 1 rings (SSSR count). The van der Waals surface area contributed by atoms with Gasteiger partial charge in [0.05, 0.1) is 7.11 Å². The fourth-order valence-corrected chi connectivity index (χ4v) is 2.75. The van der Waals surface area contributed by atoms with Gasteiger partial charge >= 0.3 is 5.97 Å². The number of hydrogen-bond acceptors (Lipinski definition) is 3. The molecule has 0 radical (unpaired) electrons. The molecule has 3 heteroatoms. The quantitative estimate of drug-likeness (QED) is 0.368. The zero-order valence-electron chi connectivity index (χ0n) is 19.1. The number of aryl methyl sites for hydroxylation is 1. The van der Waals surface area contributed by atoms with Crippen molar-refractivity contribution >= 4 is 12.0 Å². The molecule has 1 aromatic carbocycles. The molecule has 0 spiro atoms. The first-order valence-corrected chi connectivity index (χ1v) is 9.81. The number of carbonyl (C=O) groups is 1. The van der Waals surface area contributed by atoms with Crippen LogP contribution in [0, 0.1) is 20.8 Å². The molecule has 0 unspecified atom stereocenters. The Morgan fingerprint density at radius 2 is 1.59 bits per heavy atom. The molecule has 0 aliphatic carbocycles. The predicted molar refractivity (Wildman–Crippen MR) is 123 cm³/mol. The van der Waals surface area contributed by atoms with Crippen LogP contribution in [0.1, 0.15) is 49.9 Å². The van der Waals surface area contributed by atoms with Crippen LogP contribution in [-0.2, 0) is 9.53 Å². The van der Waals surface area contributed by atoms with E-state index in [1.807, 2.05) is 32.1 Å². The lowest BCUT2D eigenvalue weighted by Crippen LogP contribution is -2.00. The molecule has 3 nitrogen and oxygen atoms in total. The predicted octanol–water partition coefficient (Wildman–Crippen LogP) is 6.59. The molecule has 1 aromatic rings. The number of rotatable bonds is 8. The van der Waals surface area contributed by atoms with Crippen molar-refractivity contribution < 1.29 is 14.3 Å². The Bertz CT molecular complexity index is 878. The molecule has 0 aromatic heterocycles. The Balaban J connectivity index is 2.81. The highest BCUT2D eigenvalue weighted by Crippen LogP contribution is 2.28. The van der Waals surface area contributed by atoms with Gasteiger partial charge in [0.1, 0.15) is 12.4 Å². The minimum absolute atomic E-state index is 0.262. The highest BCUT2D eigenvalue weighted by molar-refractivity contribution is 5.66. The van der Waals surface area contributed by atoms with Crippen molar-refractivity contribution in [2.75, 3.05) is 13.7 Å². The van der Waals surface area contributed by atoms with Crippen molar-refractivity contribution in [3.8, 4) is 5.75 Å². The number of hydrogen-bond donors (Lipinski definition) is 0. The molecule has 0 aliphatic heterocycles. The van der Waals surface area contributed by atoms with Crippen LogP contribution in [0.5, 0.6) is 5.75 Å². The number of allylic oxidation sites excluding steroid dienone is 8. The Kier molecular flexibility index (Phi) is 9.94. The molecule has 156 valence electrons. The molecule has 0 aliphatic rings.